The van der Waals surface area contributed by atoms with E-state index in [0.29, 0.717) is 0 Å². The Labute approximate surface area is 132 Å². The Balaban J connectivity index is 3.02. The molecule has 0 amide bonds. The molecule has 0 aliphatic heterocycles. The van der Waals surface area contributed by atoms with Crippen molar-refractivity contribution < 1.29 is 0 Å². The molecule has 0 aliphatic rings. The van der Waals surface area contributed by atoms with Gasteiger partial charge in [0.15, 0.2) is 0 Å². The number of nitrogens with two attached hydrogens (primary N) is 1. The third kappa shape index (κ3) is 4.57. The van der Waals surface area contributed by atoms with E-state index >= 15 is 0 Å². The molecular weight excluding hydrogens is 312 g/mol. The number of hydrogen-bond acceptors (Lipinski definition) is 2. The summed E-state index contributed by atoms with van der Waals surface area (Å²) in [6.45, 7) is 11.1. The van der Waals surface area contributed by atoms with Crippen molar-refractivity contribution in [2.24, 2.45) is 11.7 Å². The minimum atomic E-state index is 0.114. The number of halogens is 1. The Morgan fingerprint density at radius 1 is 1.15 bits per heavy atom. The Morgan fingerprint density at radius 3 is 2.20 bits per heavy atom. The third-order valence-electron chi connectivity index (χ3n) is 4.17. The van der Waals surface area contributed by atoms with E-state index in [1.807, 2.05) is 0 Å². The van der Waals surface area contributed by atoms with E-state index < -0.39 is 0 Å². The Bertz CT molecular complexity index is 388. The summed E-state index contributed by atoms with van der Waals surface area (Å²) in [7, 11) is 0. The highest BCUT2D eigenvalue weighted by Gasteiger charge is 2.26. The lowest BCUT2D eigenvalue weighted by atomic mass is 9.96. The predicted octanol–water partition coefficient (Wildman–Crippen LogP) is 4.60. The molecule has 2 nitrogen and oxygen atoms in total. The molecule has 114 valence electrons. The number of hydrogen-bond donors (Lipinski definition) is 1. The van der Waals surface area contributed by atoms with Crippen LogP contribution in [-0.2, 0) is 0 Å². The number of likely N-dealkylation sites (N-methyl/N-ethyl adjacent to an activating group) is 1. The summed E-state index contributed by atoms with van der Waals surface area (Å²) in [5, 5.41) is 0. The van der Waals surface area contributed by atoms with Gasteiger partial charge in [0.1, 0.15) is 0 Å². The number of benzene rings is 1. The van der Waals surface area contributed by atoms with E-state index in [0.717, 1.165) is 23.5 Å². The highest BCUT2D eigenvalue weighted by molar-refractivity contribution is 9.10. The Hall–Kier alpha value is -0.380. The summed E-state index contributed by atoms with van der Waals surface area (Å²) in [6, 6.07) is 8.84. The number of nitrogens with zero attached hydrogens (tertiary/aromatic N) is 1. The summed E-state index contributed by atoms with van der Waals surface area (Å²) < 4.78 is 1.16. The van der Waals surface area contributed by atoms with Crippen molar-refractivity contribution >= 4 is 15.9 Å². The molecule has 2 unspecified atom stereocenters. The highest BCUT2D eigenvalue weighted by atomic mass is 79.9. The van der Waals surface area contributed by atoms with Crippen LogP contribution in [0.25, 0.3) is 0 Å². The van der Waals surface area contributed by atoms with Crippen molar-refractivity contribution in [2.75, 3.05) is 13.1 Å². The second-order valence-corrected chi connectivity index (χ2v) is 6.45. The molecule has 20 heavy (non-hydrogen) atoms. The van der Waals surface area contributed by atoms with E-state index in [4.69, 9.17) is 5.73 Å². The van der Waals surface area contributed by atoms with Crippen molar-refractivity contribution in [3.05, 3.63) is 34.3 Å². The molecule has 1 rings (SSSR count). The highest BCUT2D eigenvalue weighted by Crippen LogP contribution is 2.30. The smallest absolute Gasteiger partial charge is 0.0507 e. The first kappa shape index (κ1) is 17.7. The molecule has 0 saturated heterocycles. The minimum Gasteiger partial charge on any atom is -0.326 e. The van der Waals surface area contributed by atoms with Gasteiger partial charge in [-0.1, -0.05) is 67.7 Å². The summed E-state index contributed by atoms with van der Waals surface area (Å²) >= 11 is 3.68. The molecule has 0 fully saturated rings. The van der Waals surface area contributed by atoms with Crippen molar-refractivity contribution in [3.8, 4) is 0 Å². The average Bonchev–Trinajstić information content (AvgIpc) is 2.44. The van der Waals surface area contributed by atoms with E-state index in [9.17, 15) is 0 Å². The van der Waals surface area contributed by atoms with Crippen LogP contribution in [0.4, 0.5) is 0 Å². The van der Waals surface area contributed by atoms with Crippen LogP contribution in [0.15, 0.2) is 28.7 Å². The maximum Gasteiger partial charge on any atom is 0.0507 e. The fourth-order valence-corrected chi connectivity index (χ4v) is 3.36. The van der Waals surface area contributed by atoms with Gasteiger partial charge in [-0.2, -0.15) is 0 Å². The van der Waals surface area contributed by atoms with E-state index in [2.05, 4.69) is 72.8 Å². The largest absolute Gasteiger partial charge is 0.326 e. The zero-order valence-corrected chi connectivity index (χ0v) is 14.9. The van der Waals surface area contributed by atoms with Crippen LogP contribution < -0.4 is 5.73 Å². The lowest BCUT2D eigenvalue weighted by Crippen LogP contribution is -2.41. The first-order valence-corrected chi connectivity index (χ1v) is 8.58. The minimum absolute atomic E-state index is 0.114. The second kappa shape index (κ2) is 8.81. The molecule has 0 spiro atoms. The zero-order chi connectivity index (χ0) is 15.1. The van der Waals surface area contributed by atoms with Gasteiger partial charge in [0.2, 0.25) is 0 Å². The molecule has 0 aliphatic carbocycles. The third-order valence-corrected chi connectivity index (χ3v) is 4.89. The van der Waals surface area contributed by atoms with Crippen molar-refractivity contribution in [3.63, 3.8) is 0 Å². The predicted molar refractivity (Wildman–Crippen MR) is 91.9 cm³/mol. The van der Waals surface area contributed by atoms with Gasteiger partial charge in [-0.3, -0.25) is 4.90 Å². The molecule has 1 aromatic carbocycles. The van der Waals surface area contributed by atoms with E-state index in [-0.39, 0.29) is 12.1 Å². The lowest BCUT2D eigenvalue weighted by Gasteiger charge is -2.36. The van der Waals surface area contributed by atoms with E-state index in [1.54, 1.807) is 0 Å². The molecular formula is C17H29BrN2. The van der Waals surface area contributed by atoms with Crippen LogP contribution in [-0.4, -0.2) is 24.0 Å². The summed E-state index contributed by atoms with van der Waals surface area (Å²) in [6.07, 6.45) is 2.46. The fourth-order valence-electron chi connectivity index (χ4n) is 2.85. The van der Waals surface area contributed by atoms with Gasteiger partial charge < -0.3 is 5.73 Å². The average molecular weight is 341 g/mol. The summed E-state index contributed by atoms with van der Waals surface area (Å²) in [5.74, 6) is 0.749. The lowest BCUT2D eigenvalue weighted by molar-refractivity contribution is 0.153. The molecule has 3 heteroatoms. The maximum absolute atomic E-state index is 6.31. The van der Waals surface area contributed by atoms with Gasteiger partial charge in [-0.15, -0.1) is 0 Å². The zero-order valence-electron chi connectivity index (χ0n) is 13.3. The molecule has 0 heterocycles. The SMILES string of the molecule is CCC(CC)CN(CC)C(c1ccccc1Br)C(C)N. The fraction of sp³-hybridized carbons (Fsp3) is 0.647. The normalized spacial score (nSPS) is 14.8. The Morgan fingerprint density at radius 2 is 1.75 bits per heavy atom. The quantitative estimate of drug-likeness (QED) is 0.749. The van der Waals surface area contributed by atoms with Gasteiger partial charge in [0.25, 0.3) is 0 Å². The summed E-state index contributed by atoms with van der Waals surface area (Å²) in [5.41, 5.74) is 7.61. The van der Waals surface area contributed by atoms with Crippen molar-refractivity contribution in [2.45, 2.75) is 52.6 Å². The van der Waals surface area contributed by atoms with Crippen molar-refractivity contribution in [1.82, 2.24) is 4.90 Å². The van der Waals surface area contributed by atoms with Crippen LogP contribution in [0.1, 0.15) is 52.1 Å². The van der Waals surface area contributed by atoms with Gasteiger partial charge in [-0.25, -0.2) is 0 Å². The maximum atomic E-state index is 6.31. The first-order valence-electron chi connectivity index (χ1n) is 7.79. The van der Waals surface area contributed by atoms with Crippen LogP contribution in [0.3, 0.4) is 0 Å². The monoisotopic (exact) mass is 340 g/mol. The van der Waals surface area contributed by atoms with Gasteiger partial charge in [0.05, 0.1) is 6.04 Å². The molecule has 0 radical (unpaired) electrons. The second-order valence-electron chi connectivity index (χ2n) is 5.60. The molecule has 2 atom stereocenters. The summed E-state index contributed by atoms with van der Waals surface area (Å²) in [4.78, 5) is 2.53. The van der Waals surface area contributed by atoms with Crippen LogP contribution in [0, 0.1) is 5.92 Å². The van der Waals surface area contributed by atoms with Crippen LogP contribution in [0.2, 0.25) is 0 Å². The van der Waals surface area contributed by atoms with Crippen LogP contribution >= 0.6 is 15.9 Å². The van der Waals surface area contributed by atoms with E-state index in [1.165, 1.54) is 18.4 Å². The first-order chi connectivity index (χ1) is 9.54. The van der Waals surface area contributed by atoms with Gasteiger partial charge >= 0.3 is 0 Å². The van der Waals surface area contributed by atoms with Crippen molar-refractivity contribution in [1.29, 1.82) is 0 Å². The number of rotatable bonds is 8. The van der Waals surface area contributed by atoms with Gasteiger partial charge in [-0.05, 0) is 31.0 Å². The molecule has 0 bridgehead atoms. The molecule has 2 N–H and O–H groups in total. The standard InChI is InChI=1S/C17H29BrN2/c1-5-14(6-2)12-20(7-3)17(13(4)19)15-10-8-9-11-16(15)18/h8-11,13-14,17H,5-7,12,19H2,1-4H3. The topological polar surface area (TPSA) is 29.3 Å². The van der Waals surface area contributed by atoms with Gasteiger partial charge in [0, 0.05) is 17.1 Å². The molecule has 1 aromatic rings. The van der Waals surface area contributed by atoms with Crippen LogP contribution in [0.5, 0.6) is 0 Å². The Kier molecular flexibility index (Phi) is 7.78. The molecule has 0 saturated carbocycles. The molecule has 0 aromatic heterocycles.